The number of imidazole rings is 1. The summed E-state index contributed by atoms with van der Waals surface area (Å²) in [6, 6.07) is 6.04. The average molecular weight is 270 g/mol. The molecule has 7 heteroatoms. The number of nitrogens with zero attached hydrogens (tertiary/aromatic N) is 5. The van der Waals surface area contributed by atoms with Gasteiger partial charge in [-0.05, 0) is 25.1 Å². The molecule has 20 heavy (non-hydrogen) atoms. The van der Waals surface area contributed by atoms with Crippen molar-refractivity contribution in [3.05, 3.63) is 35.3 Å². The SMILES string of the molecule is Cc1nn(C)c2c1nc(N)n2-c1ccc(F)c(C#N)c1. The standard InChI is InChI=1S/C13H11FN6/c1-7-11-12(19(2)18-7)20(13(16)17-11)9-3-4-10(14)8(5-9)6-15/h3-5H,1-2H3,(H2,16,17). The lowest BCUT2D eigenvalue weighted by atomic mass is 10.2. The van der Waals surface area contributed by atoms with E-state index in [0.717, 1.165) is 5.69 Å². The van der Waals surface area contributed by atoms with Gasteiger partial charge in [0.15, 0.2) is 5.65 Å². The van der Waals surface area contributed by atoms with Crippen molar-refractivity contribution in [2.75, 3.05) is 5.73 Å². The highest BCUT2D eigenvalue weighted by Gasteiger charge is 2.17. The number of rotatable bonds is 1. The topological polar surface area (TPSA) is 85.5 Å². The first-order valence-corrected chi connectivity index (χ1v) is 5.90. The van der Waals surface area contributed by atoms with Crippen molar-refractivity contribution >= 4 is 17.1 Å². The maximum absolute atomic E-state index is 13.4. The van der Waals surface area contributed by atoms with E-state index in [1.54, 1.807) is 22.4 Å². The first-order chi connectivity index (χ1) is 9.52. The molecule has 0 aliphatic carbocycles. The summed E-state index contributed by atoms with van der Waals surface area (Å²) in [5, 5.41) is 13.2. The average Bonchev–Trinajstić information content (AvgIpc) is 2.89. The van der Waals surface area contributed by atoms with Crippen LogP contribution in [0.3, 0.4) is 0 Å². The number of benzene rings is 1. The number of nitrogen functional groups attached to an aromatic ring is 1. The van der Waals surface area contributed by atoms with E-state index in [1.807, 2.05) is 13.0 Å². The van der Waals surface area contributed by atoms with E-state index in [-0.39, 0.29) is 11.5 Å². The van der Waals surface area contributed by atoms with Gasteiger partial charge >= 0.3 is 0 Å². The first-order valence-electron chi connectivity index (χ1n) is 5.90. The van der Waals surface area contributed by atoms with Crippen LogP contribution in [0.4, 0.5) is 10.3 Å². The second kappa shape index (κ2) is 4.06. The summed E-state index contributed by atoms with van der Waals surface area (Å²) in [6.07, 6.45) is 0. The molecule has 100 valence electrons. The number of nitrogens with two attached hydrogens (primary N) is 1. The molecular weight excluding hydrogens is 259 g/mol. The fourth-order valence-electron chi connectivity index (χ4n) is 2.28. The molecule has 0 spiro atoms. The lowest BCUT2D eigenvalue weighted by Gasteiger charge is -2.07. The van der Waals surface area contributed by atoms with Crippen molar-refractivity contribution < 1.29 is 4.39 Å². The second-order valence-corrected chi connectivity index (χ2v) is 4.46. The van der Waals surface area contributed by atoms with Gasteiger partial charge in [0, 0.05) is 7.05 Å². The highest BCUT2D eigenvalue weighted by atomic mass is 19.1. The third-order valence-electron chi connectivity index (χ3n) is 3.16. The van der Waals surface area contributed by atoms with E-state index in [0.29, 0.717) is 16.9 Å². The van der Waals surface area contributed by atoms with E-state index in [2.05, 4.69) is 10.1 Å². The van der Waals surface area contributed by atoms with Crippen LogP contribution in [-0.2, 0) is 7.05 Å². The van der Waals surface area contributed by atoms with Gasteiger partial charge in [-0.3, -0.25) is 4.57 Å². The molecule has 0 aliphatic rings. The molecule has 0 bridgehead atoms. The van der Waals surface area contributed by atoms with Crippen molar-refractivity contribution in [1.29, 1.82) is 5.26 Å². The number of anilines is 1. The third kappa shape index (κ3) is 1.55. The van der Waals surface area contributed by atoms with Gasteiger partial charge in [-0.25, -0.2) is 14.1 Å². The minimum Gasteiger partial charge on any atom is -0.369 e. The summed E-state index contributed by atoms with van der Waals surface area (Å²) in [6.45, 7) is 1.84. The normalized spacial score (nSPS) is 10.9. The van der Waals surface area contributed by atoms with Crippen molar-refractivity contribution in [1.82, 2.24) is 19.3 Å². The van der Waals surface area contributed by atoms with Crippen molar-refractivity contribution in [2.24, 2.45) is 7.05 Å². The lowest BCUT2D eigenvalue weighted by molar-refractivity contribution is 0.623. The molecule has 0 unspecified atom stereocenters. The third-order valence-corrected chi connectivity index (χ3v) is 3.16. The Morgan fingerprint density at radius 2 is 2.15 bits per heavy atom. The maximum Gasteiger partial charge on any atom is 0.207 e. The molecule has 6 nitrogen and oxygen atoms in total. The Hall–Kier alpha value is -2.88. The predicted octanol–water partition coefficient (Wildman–Crippen LogP) is 1.66. The number of aryl methyl sites for hydroxylation is 2. The highest BCUT2D eigenvalue weighted by Crippen LogP contribution is 2.25. The Labute approximate surface area is 113 Å². The Morgan fingerprint density at radius 3 is 2.85 bits per heavy atom. The van der Waals surface area contributed by atoms with Gasteiger partial charge in [0.2, 0.25) is 5.95 Å². The largest absolute Gasteiger partial charge is 0.369 e. The molecule has 1 aromatic carbocycles. The van der Waals surface area contributed by atoms with Crippen LogP contribution in [0.5, 0.6) is 0 Å². The second-order valence-electron chi connectivity index (χ2n) is 4.46. The Morgan fingerprint density at radius 1 is 1.40 bits per heavy atom. The van der Waals surface area contributed by atoms with Crippen LogP contribution in [0.25, 0.3) is 16.9 Å². The minimum atomic E-state index is -0.563. The van der Waals surface area contributed by atoms with E-state index < -0.39 is 5.82 Å². The molecule has 0 amide bonds. The zero-order chi connectivity index (χ0) is 14.4. The molecule has 3 aromatic rings. The number of halogens is 1. The fourth-order valence-corrected chi connectivity index (χ4v) is 2.28. The zero-order valence-electron chi connectivity index (χ0n) is 10.9. The van der Waals surface area contributed by atoms with Crippen LogP contribution in [0.2, 0.25) is 0 Å². The molecule has 0 radical (unpaired) electrons. The molecule has 0 saturated heterocycles. The van der Waals surface area contributed by atoms with Gasteiger partial charge in [0.1, 0.15) is 17.4 Å². The summed E-state index contributed by atoms with van der Waals surface area (Å²) in [5.74, 6) is -0.293. The van der Waals surface area contributed by atoms with Gasteiger partial charge in [-0.15, -0.1) is 0 Å². The summed E-state index contributed by atoms with van der Waals surface area (Å²) in [5.41, 5.74) is 8.62. The van der Waals surface area contributed by atoms with E-state index in [4.69, 9.17) is 11.0 Å². The van der Waals surface area contributed by atoms with Crippen molar-refractivity contribution in [2.45, 2.75) is 6.92 Å². The monoisotopic (exact) mass is 270 g/mol. The lowest BCUT2D eigenvalue weighted by Crippen LogP contribution is -2.05. The Balaban J connectivity index is 2.35. The molecule has 0 aliphatic heterocycles. The number of aromatic nitrogens is 4. The molecular formula is C13H11FN6. The smallest absolute Gasteiger partial charge is 0.207 e. The molecule has 2 aromatic heterocycles. The predicted molar refractivity (Wildman–Crippen MR) is 71.7 cm³/mol. The summed E-state index contributed by atoms with van der Waals surface area (Å²) in [7, 11) is 1.78. The van der Waals surface area contributed by atoms with Gasteiger partial charge in [-0.1, -0.05) is 0 Å². The molecule has 0 fully saturated rings. The summed E-state index contributed by atoms with van der Waals surface area (Å²) >= 11 is 0. The number of nitriles is 1. The number of fused-ring (bicyclic) bond motifs is 1. The molecule has 3 rings (SSSR count). The van der Waals surface area contributed by atoms with Gasteiger partial charge in [0.25, 0.3) is 0 Å². The Bertz CT molecular complexity index is 867. The molecule has 2 N–H and O–H groups in total. The summed E-state index contributed by atoms with van der Waals surface area (Å²) < 4.78 is 16.7. The van der Waals surface area contributed by atoms with Crippen LogP contribution in [-0.4, -0.2) is 19.3 Å². The maximum atomic E-state index is 13.4. The van der Waals surface area contributed by atoms with Crippen LogP contribution >= 0.6 is 0 Å². The minimum absolute atomic E-state index is 0.0392. The zero-order valence-corrected chi connectivity index (χ0v) is 10.9. The fraction of sp³-hybridized carbons (Fsp3) is 0.154. The molecule has 0 atom stereocenters. The quantitative estimate of drug-likeness (QED) is 0.728. The van der Waals surface area contributed by atoms with E-state index in [9.17, 15) is 4.39 Å². The summed E-state index contributed by atoms with van der Waals surface area (Å²) in [4.78, 5) is 4.27. The first kappa shape index (κ1) is 12.2. The highest BCUT2D eigenvalue weighted by molar-refractivity contribution is 5.80. The van der Waals surface area contributed by atoms with E-state index in [1.165, 1.54) is 12.1 Å². The number of hydrogen-bond donors (Lipinski definition) is 1. The van der Waals surface area contributed by atoms with Crippen molar-refractivity contribution in [3.8, 4) is 11.8 Å². The molecule has 0 saturated carbocycles. The number of hydrogen-bond acceptors (Lipinski definition) is 4. The van der Waals surface area contributed by atoms with Crippen LogP contribution in [0.1, 0.15) is 11.3 Å². The van der Waals surface area contributed by atoms with Gasteiger partial charge in [-0.2, -0.15) is 10.4 Å². The van der Waals surface area contributed by atoms with E-state index >= 15 is 0 Å². The van der Waals surface area contributed by atoms with Crippen LogP contribution < -0.4 is 5.73 Å². The van der Waals surface area contributed by atoms with Crippen LogP contribution in [0, 0.1) is 24.1 Å². The van der Waals surface area contributed by atoms with Gasteiger partial charge < -0.3 is 5.73 Å². The molecule has 2 heterocycles. The van der Waals surface area contributed by atoms with Crippen molar-refractivity contribution in [3.63, 3.8) is 0 Å². The van der Waals surface area contributed by atoms with Gasteiger partial charge in [0.05, 0.1) is 16.9 Å². The van der Waals surface area contributed by atoms with Crippen LogP contribution in [0.15, 0.2) is 18.2 Å². The Kier molecular flexibility index (Phi) is 2.47.